The number of ether oxygens (including phenoxy) is 2. The monoisotopic (exact) mass is 608 g/mol. The molecule has 0 aliphatic heterocycles. The molecule has 2 aromatic carbocycles. The molecule has 0 spiro atoms. The zero-order valence-electron chi connectivity index (χ0n) is 25.9. The van der Waals surface area contributed by atoms with Crippen LogP contribution in [0.4, 0.5) is 0 Å². The van der Waals surface area contributed by atoms with E-state index in [-0.39, 0.29) is 11.9 Å². The first kappa shape index (κ1) is 35.3. The summed E-state index contributed by atoms with van der Waals surface area (Å²) < 4.78 is 10.5. The zero-order chi connectivity index (χ0) is 32.8. The fourth-order valence-electron chi connectivity index (χ4n) is 4.22. The van der Waals surface area contributed by atoms with Crippen LogP contribution in [0.15, 0.2) is 60.9 Å². The molecule has 0 atom stereocenters. The summed E-state index contributed by atoms with van der Waals surface area (Å²) in [6, 6.07) is 11.4. The average molecular weight is 609 g/mol. The molecule has 0 bridgehead atoms. The number of quaternary nitrogens is 2. The number of H-pyrrole nitrogens is 2. The minimum Gasteiger partial charge on any atom is -0.545 e. The lowest BCUT2D eigenvalue weighted by molar-refractivity contribution is -0.858. The van der Waals surface area contributed by atoms with Crippen LogP contribution in [0, 0.1) is 0 Å². The van der Waals surface area contributed by atoms with Crippen molar-refractivity contribution in [2.24, 2.45) is 0 Å². The number of fused-ring (bicyclic) bond motifs is 2. The SMILES string of the molecule is CC(=O)Oc1cccc2[nH]cc(CC[NH+](C)C)c12.CC(=O)Oc1cccc2[nH]cc(CC[NH+](C)C)c12.O=C([O-])/C=C/C(=O)[O-]. The van der Waals surface area contributed by atoms with Gasteiger partial charge in [0.2, 0.25) is 0 Å². The Morgan fingerprint density at radius 1 is 0.682 bits per heavy atom. The smallest absolute Gasteiger partial charge is 0.308 e. The number of aliphatic carboxylic acids is 2. The summed E-state index contributed by atoms with van der Waals surface area (Å²) in [4.78, 5) is 50.3. The van der Waals surface area contributed by atoms with Crippen LogP contribution >= 0.6 is 0 Å². The minimum atomic E-state index is -1.55. The minimum absolute atomic E-state index is 0.284. The highest BCUT2D eigenvalue weighted by Crippen LogP contribution is 2.30. The lowest BCUT2D eigenvalue weighted by Gasteiger charge is -2.08. The van der Waals surface area contributed by atoms with Crippen LogP contribution in [0.1, 0.15) is 25.0 Å². The van der Waals surface area contributed by atoms with Crippen LogP contribution in [0.2, 0.25) is 0 Å². The van der Waals surface area contributed by atoms with Crippen LogP contribution in [0.25, 0.3) is 21.8 Å². The molecule has 0 aliphatic carbocycles. The van der Waals surface area contributed by atoms with Crippen LogP contribution in [-0.2, 0) is 32.0 Å². The molecule has 2 aromatic heterocycles. The standard InChI is InChI=1S/2C14H18N2O2.C4H4O4/c2*1-10(17)18-13-6-4-5-12-14(13)11(9-15-12)7-8-16(2)3;5-3(6)1-2-4(7)8/h2*4-6,9,15H,7-8H2,1-3H3;1-2H,(H,5,6)(H,7,8)/b;;2-1+. The number of carbonyl (C=O) groups excluding carboxylic acids is 4. The van der Waals surface area contributed by atoms with E-state index in [1.54, 1.807) is 0 Å². The molecule has 4 rings (SSSR count). The molecule has 12 nitrogen and oxygen atoms in total. The first-order valence-electron chi connectivity index (χ1n) is 14.0. The third-order valence-corrected chi connectivity index (χ3v) is 6.15. The molecule has 0 unspecified atom stereocenters. The van der Waals surface area contributed by atoms with Gasteiger partial charge in [-0.05, 0) is 47.5 Å². The second-order valence-corrected chi connectivity index (χ2v) is 10.6. The third-order valence-electron chi connectivity index (χ3n) is 6.15. The Kier molecular flexibility index (Phi) is 13.8. The predicted molar refractivity (Wildman–Crippen MR) is 161 cm³/mol. The first-order valence-corrected chi connectivity index (χ1v) is 14.0. The predicted octanol–water partition coefficient (Wildman–Crippen LogP) is -1.40. The second kappa shape index (κ2) is 17.2. The number of carbonyl (C=O) groups is 4. The van der Waals surface area contributed by atoms with Crippen molar-refractivity contribution < 1.29 is 48.7 Å². The summed E-state index contributed by atoms with van der Waals surface area (Å²) in [6.07, 6.45) is 6.69. The number of aromatic amines is 2. The van der Waals surface area contributed by atoms with E-state index in [0.717, 1.165) is 47.7 Å². The van der Waals surface area contributed by atoms with E-state index in [1.165, 1.54) is 34.8 Å². The van der Waals surface area contributed by atoms with Gasteiger partial charge in [-0.25, -0.2) is 0 Å². The Morgan fingerprint density at radius 3 is 1.34 bits per heavy atom. The maximum absolute atomic E-state index is 11.1. The molecule has 0 saturated carbocycles. The quantitative estimate of drug-likeness (QED) is 0.0967. The molecule has 4 N–H and O–H groups in total. The van der Waals surface area contributed by atoms with Gasteiger partial charge >= 0.3 is 11.9 Å². The maximum Gasteiger partial charge on any atom is 0.308 e. The lowest BCUT2D eigenvalue weighted by Crippen LogP contribution is -3.05. The van der Waals surface area contributed by atoms with E-state index < -0.39 is 11.9 Å². The molecule has 0 radical (unpaired) electrons. The number of carboxylic acids is 2. The van der Waals surface area contributed by atoms with Crippen molar-refractivity contribution in [3.8, 4) is 11.5 Å². The van der Waals surface area contributed by atoms with Crippen molar-refractivity contribution in [1.82, 2.24) is 9.97 Å². The number of rotatable bonds is 10. The molecule has 44 heavy (non-hydrogen) atoms. The molecule has 2 heterocycles. The summed E-state index contributed by atoms with van der Waals surface area (Å²) in [5, 5.41) is 20.9. The lowest BCUT2D eigenvalue weighted by atomic mass is 10.1. The summed E-state index contributed by atoms with van der Waals surface area (Å²) >= 11 is 0. The highest BCUT2D eigenvalue weighted by molar-refractivity contribution is 5.92. The van der Waals surface area contributed by atoms with Gasteiger partial charge in [0.05, 0.1) is 53.2 Å². The van der Waals surface area contributed by atoms with E-state index in [2.05, 4.69) is 38.2 Å². The summed E-state index contributed by atoms with van der Waals surface area (Å²) in [5.41, 5.74) is 4.42. The number of likely N-dealkylation sites (N-methyl/N-ethyl adjacent to an activating group) is 2. The number of esters is 2. The van der Waals surface area contributed by atoms with Crippen molar-refractivity contribution in [2.75, 3.05) is 41.3 Å². The van der Waals surface area contributed by atoms with Crippen LogP contribution < -0.4 is 29.5 Å². The van der Waals surface area contributed by atoms with Gasteiger partial charge in [0.1, 0.15) is 11.5 Å². The van der Waals surface area contributed by atoms with Crippen molar-refractivity contribution >= 4 is 45.7 Å². The van der Waals surface area contributed by atoms with Crippen LogP contribution in [0.5, 0.6) is 11.5 Å². The Balaban J connectivity index is 0.000000248. The van der Waals surface area contributed by atoms with Gasteiger partial charge in [-0.1, -0.05) is 12.1 Å². The molecule has 0 aliphatic rings. The van der Waals surface area contributed by atoms with Gasteiger partial charge in [-0.15, -0.1) is 0 Å². The molecule has 4 aromatic rings. The van der Waals surface area contributed by atoms with E-state index in [0.29, 0.717) is 23.7 Å². The Hall–Kier alpha value is -4.94. The first-order chi connectivity index (χ1) is 20.8. The number of aromatic nitrogens is 2. The van der Waals surface area contributed by atoms with Gasteiger partial charge in [0.15, 0.2) is 0 Å². The average Bonchev–Trinajstić information content (AvgIpc) is 3.55. The Morgan fingerprint density at radius 2 is 1.05 bits per heavy atom. The Labute approximate surface area is 255 Å². The third kappa shape index (κ3) is 11.7. The number of hydrogen-bond acceptors (Lipinski definition) is 8. The summed E-state index contributed by atoms with van der Waals surface area (Å²) in [6.45, 7) is 4.94. The topological polar surface area (TPSA) is 173 Å². The van der Waals surface area contributed by atoms with Crippen LogP contribution in [-0.4, -0.2) is 75.1 Å². The molecule has 236 valence electrons. The van der Waals surface area contributed by atoms with Crippen molar-refractivity contribution in [3.05, 3.63) is 72.1 Å². The van der Waals surface area contributed by atoms with Gasteiger partial charge in [-0.3, -0.25) is 9.59 Å². The van der Waals surface area contributed by atoms with Crippen molar-refractivity contribution in [3.63, 3.8) is 0 Å². The van der Waals surface area contributed by atoms with E-state index in [4.69, 9.17) is 9.47 Å². The summed E-state index contributed by atoms with van der Waals surface area (Å²) in [5.74, 6) is -2.38. The highest BCUT2D eigenvalue weighted by atomic mass is 16.5. The highest BCUT2D eigenvalue weighted by Gasteiger charge is 2.13. The maximum atomic E-state index is 11.1. The molecule has 0 fully saturated rings. The zero-order valence-corrected chi connectivity index (χ0v) is 25.9. The number of nitrogens with one attached hydrogen (secondary N) is 4. The van der Waals surface area contributed by atoms with Gasteiger partial charge in [0.25, 0.3) is 0 Å². The van der Waals surface area contributed by atoms with Crippen LogP contribution in [0.3, 0.4) is 0 Å². The normalized spacial score (nSPS) is 10.8. The van der Waals surface area contributed by atoms with E-state index in [1.807, 2.05) is 48.8 Å². The number of benzene rings is 2. The number of hydrogen-bond donors (Lipinski definition) is 4. The molecule has 12 heteroatoms. The summed E-state index contributed by atoms with van der Waals surface area (Å²) in [7, 11) is 8.51. The largest absolute Gasteiger partial charge is 0.545 e. The fourth-order valence-corrected chi connectivity index (χ4v) is 4.22. The second-order valence-electron chi connectivity index (χ2n) is 10.6. The molecule has 0 saturated heterocycles. The molecule has 0 amide bonds. The molecular formula is C32H40N4O8. The van der Waals surface area contributed by atoms with Gasteiger partial charge in [-0.2, -0.15) is 0 Å². The van der Waals surface area contributed by atoms with Gasteiger partial charge in [0, 0.05) is 60.9 Å². The van der Waals surface area contributed by atoms with E-state index in [9.17, 15) is 29.4 Å². The number of carboxylic acid groups (broad SMARTS) is 2. The fraction of sp³-hybridized carbons (Fsp3) is 0.312. The van der Waals surface area contributed by atoms with Crippen molar-refractivity contribution in [2.45, 2.75) is 26.7 Å². The Bertz CT molecular complexity index is 1480. The van der Waals surface area contributed by atoms with Crippen molar-refractivity contribution in [1.29, 1.82) is 0 Å². The van der Waals surface area contributed by atoms with E-state index >= 15 is 0 Å². The molecular weight excluding hydrogens is 568 g/mol. The van der Waals surface area contributed by atoms with Gasteiger partial charge < -0.3 is 49.0 Å².